The zero-order valence-electron chi connectivity index (χ0n) is 13.3. The minimum absolute atomic E-state index is 0.000152. The molecule has 0 saturated heterocycles. The number of hydrogen-bond donors (Lipinski definition) is 1. The Kier molecular flexibility index (Phi) is 5.13. The van der Waals surface area contributed by atoms with Crippen molar-refractivity contribution in [1.82, 2.24) is 19.7 Å². The van der Waals surface area contributed by atoms with Gasteiger partial charge in [0.2, 0.25) is 5.91 Å². The van der Waals surface area contributed by atoms with Gasteiger partial charge in [-0.25, -0.2) is 13.6 Å². The van der Waals surface area contributed by atoms with Gasteiger partial charge in [0.15, 0.2) is 0 Å². The molecule has 0 fully saturated rings. The Morgan fingerprint density at radius 3 is 2.58 bits per heavy atom. The highest BCUT2D eigenvalue weighted by atomic mass is 35.5. The van der Waals surface area contributed by atoms with Crippen LogP contribution < -0.4 is 11.0 Å². The van der Waals surface area contributed by atoms with Gasteiger partial charge in [0.25, 0.3) is 0 Å². The fourth-order valence-electron chi connectivity index (χ4n) is 2.26. The van der Waals surface area contributed by atoms with Crippen LogP contribution in [0.25, 0.3) is 5.69 Å². The van der Waals surface area contributed by atoms with Gasteiger partial charge in [-0.2, -0.15) is 9.78 Å². The zero-order chi connectivity index (χ0) is 18.7. The van der Waals surface area contributed by atoms with E-state index >= 15 is 0 Å². The minimum atomic E-state index is -0.574. The summed E-state index contributed by atoms with van der Waals surface area (Å²) in [5.41, 5.74) is 0.381. The first-order chi connectivity index (χ1) is 12.4. The van der Waals surface area contributed by atoms with Crippen LogP contribution in [0.3, 0.4) is 0 Å². The molecule has 134 valence electrons. The third-order valence-electron chi connectivity index (χ3n) is 3.59. The molecule has 0 aliphatic carbocycles. The molecule has 3 aromatic rings. The maximum absolute atomic E-state index is 13.4. The van der Waals surface area contributed by atoms with Crippen LogP contribution in [0.4, 0.5) is 8.78 Å². The highest BCUT2D eigenvalue weighted by molar-refractivity contribution is 6.30. The summed E-state index contributed by atoms with van der Waals surface area (Å²) in [5, 5.41) is 6.49. The van der Waals surface area contributed by atoms with E-state index in [2.05, 4.69) is 10.4 Å². The van der Waals surface area contributed by atoms with Crippen molar-refractivity contribution in [3.63, 3.8) is 0 Å². The number of benzene rings is 2. The Hall–Kier alpha value is -3.00. The van der Waals surface area contributed by atoms with Gasteiger partial charge < -0.3 is 5.32 Å². The molecule has 6 nitrogen and oxygen atoms in total. The summed E-state index contributed by atoms with van der Waals surface area (Å²) < 4.78 is 28.5. The van der Waals surface area contributed by atoms with Gasteiger partial charge in [-0.1, -0.05) is 17.7 Å². The highest BCUT2D eigenvalue weighted by Crippen LogP contribution is 2.15. The third kappa shape index (κ3) is 3.97. The molecular weight excluding hydrogens is 366 g/mol. The first-order valence-corrected chi connectivity index (χ1v) is 7.93. The van der Waals surface area contributed by atoms with Crippen molar-refractivity contribution in [2.45, 2.75) is 13.1 Å². The topological polar surface area (TPSA) is 68.9 Å². The van der Waals surface area contributed by atoms with Crippen LogP contribution in [0, 0.1) is 11.6 Å². The van der Waals surface area contributed by atoms with Crippen LogP contribution >= 0.6 is 11.6 Å². The standard InChI is InChI=1S/C17H13ClF2N4O2/c18-14-6-1-11(7-15(14)20)8-21-16(25)9-23-10-22-24(17(23)26)13-4-2-12(19)3-5-13/h1-7,10H,8-9H2,(H,21,25). The van der Waals surface area contributed by atoms with E-state index in [1.54, 1.807) is 6.07 Å². The van der Waals surface area contributed by atoms with Crippen LogP contribution in [0.2, 0.25) is 5.02 Å². The van der Waals surface area contributed by atoms with E-state index in [0.29, 0.717) is 11.3 Å². The number of nitrogens with zero attached hydrogens (tertiary/aromatic N) is 3. The van der Waals surface area contributed by atoms with Crippen molar-refractivity contribution < 1.29 is 13.6 Å². The molecule has 26 heavy (non-hydrogen) atoms. The second-order valence-corrected chi connectivity index (χ2v) is 5.86. The molecule has 0 aliphatic heterocycles. The highest BCUT2D eigenvalue weighted by Gasteiger charge is 2.11. The molecule has 0 spiro atoms. The van der Waals surface area contributed by atoms with Gasteiger partial charge in [0.05, 0.1) is 10.7 Å². The van der Waals surface area contributed by atoms with Crippen LogP contribution in [0.1, 0.15) is 5.56 Å². The lowest BCUT2D eigenvalue weighted by atomic mass is 10.2. The summed E-state index contributed by atoms with van der Waals surface area (Å²) in [6.07, 6.45) is 1.22. The Morgan fingerprint density at radius 1 is 1.15 bits per heavy atom. The second kappa shape index (κ2) is 7.49. The van der Waals surface area contributed by atoms with Crippen molar-refractivity contribution in [1.29, 1.82) is 0 Å². The van der Waals surface area contributed by atoms with Crippen LogP contribution in [-0.2, 0) is 17.9 Å². The molecule has 0 atom stereocenters. The van der Waals surface area contributed by atoms with E-state index in [4.69, 9.17) is 11.6 Å². The number of carbonyl (C=O) groups is 1. The Morgan fingerprint density at radius 2 is 1.88 bits per heavy atom. The fourth-order valence-corrected chi connectivity index (χ4v) is 2.38. The summed E-state index contributed by atoms with van der Waals surface area (Å²) in [7, 11) is 0. The third-order valence-corrected chi connectivity index (χ3v) is 3.90. The van der Waals surface area contributed by atoms with Gasteiger partial charge in [-0.15, -0.1) is 0 Å². The fraction of sp³-hybridized carbons (Fsp3) is 0.118. The lowest BCUT2D eigenvalue weighted by molar-refractivity contribution is -0.121. The molecule has 2 aromatic carbocycles. The van der Waals surface area contributed by atoms with Gasteiger partial charge in [-0.05, 0) is 42.0 Å². The smallest absolute Gasteiger partial charge is 0.350 e. The van der Waals surface area contributed by atoms with Crippen molar-refractivity contribution in [3.05, 3.63) is 81.5 Å². The van der Waals surface area contributed by atoms with E-state index in [1.165, 1.54) is 42.7 Å². The average molecular weight is 379 g/mol. The summed E-state index contributed by atoms with van der Waals surface area (Å²) in [6.45, 7) is -0.163. The Balaban J connectivity index is 1.65. The Labute approximate surface area is 151 Å². The first-order valence-electron chi connectivity index (χ1n) is 7.55. The van der Waals surface area contributed by atoms with Crippen molar-refractivity contribution in [2.75, 3.05) is 0 Å². The predicted molar refractivity (Wildman–Crippen MR) is 91.0 cm³/mol. The van der Waals surface area contributed by atoms with Crippen LogP contribution in [0.15, 0.2) is 53.6 Å². The molecule has 1 amide bonds. The van der Waals surface area contributed by atoms with E-state index in [1.807, 2.05) is 0 Å². The molecule has 0 aliphatic rings. The number of amides is 1. The SMILES string of the molecule is O=C(Cn1cnn(-c2ccc(F)cc2)c1=O)NCc1ccc(Cl)c(F)c1. The number of nitrogens with one attached hydrogen (secondary N) is 1. The van der Waals surface area contributed by atoms with Crippen molar-refractivity contribution >= 4 is 17.5 Å². The molecule has 3 rings (SSSR count). The molecule has 1 heterocycles. The van der Waals surface area contributed by atoms with Gasteiger partial charge in [-0.3, -0.25) is 9.36 Å². The summed E-state index contributed by atoms with van der Waals surface area (Å²) >= 11 is 5.60. The number of carbonyl (C=O) groups excluding carboxylic acids is 1. The second-order valence-electron chi connectivity index (χ2n) is 5.45. The van der Waals surface area contributed by atoms with Crippen molar-refractivity contribution in [2.24, 2.45) is 0 Å². The maximum atomic E-state index is 13.4. The van der Waals surface area contributed by atoms with E-state index < -0.39 is 23.2 Å². The molecule has 0 bridgehead atoms. The van der Waals surface area contributed by atoms with Crippen LogP contribution in [-0.4, -0.2) is 20.3 Å². The predicted octanol–water partition coefficient (Wildman–Crippen LogP) is 2.28. The summed E-state index contributed by atoms with van der Waals surface area (Å²) in [6, 6.07) is 9.44. The average Bonchev–Trinajstić information content (AvgIpc) is 2.97. The molecule has 0 radical (unpaired) electrons. The minimum Gasteiger partial charge on any atom is -0.350 e. The normalized spacial score (nSPS) is 10.7. The number of aromatic nitrogens is 3. The number of hydrogen-bond acceptors (Lipinski definition) is 3. The first kappa shape index (κ1) is 17.8. The molecular formula is C17H13ClF2N4O2. The molecule has 0 saturated carbocycles. The van der Waals surface area contributed by atoms with Gasteiger partial charge >= 0.3 is 5.69 Å². The zero-order valence-corrected chi connectivity index (χ0v) is 14.1. The summed E-state index contributed by atoms with van der Waals surface area (Å²) in [4.78, 5) is 24.3. The molecule has 1 aromatic heterocycles. The van der Waals surface area contributed by atoms with Crippen LogP contribution in [0.5, 0.6) is 0 Å². The molecule has 1 N–H and O–H groups in total. The van der Waals surface area contributed by atoms with Crippen molar-refractivity contribution in [3.8, 4) is 5.69 Å². The lowest BCUT2D eigenvalue weighted by Crippen LogP contribution is -2.32. The largest absolute Gasteiger partial charge is 0.350 e. The van der Waals surface area contributed by atoms with E-state index in [9.17, 15) is 18.4 Å². The molecule has 9 heteroatoms. The Bertz CT molecular complexity index is 999. The van der Waals surface area contributed by atoms with E-state index in [-0.39, 0.29) is 18.1 Å². The lowest BCUT2D eigenvalue weighted by Gasteiger charge is -2.06. The quantitative estimate of drug-likeness (QED) is 0.740. The molecule has 0 unspecified atom stereocenters. The number of halogens is 3. The number of rotatable bonds is 5. The summed E-state index contributed by atoms with van der Waals surface area (Å²) in [5.74, 6) is -1.45. The van der Waals surface area contributed by atoms with Gasteiger partial charge in [0, 0.05) is 6.54 Å². The van der Waals surface area contributed by atoms with Gasteiger partial charge in [0.1, 0.15) is 24.5 Å². The van der Waals surface area contributed by atoms with E-state index in [0.717, 1.165) is 9.25 Å². The monoisotopic (exact) mass is 378 g/mol. The maximum Gasteiger partial charge on any atom is 0.350 e.